The maximum atomic E-state index is 13.0. The normalized spacial score (nSPS) is 36.3. The van der Waals surface area contributed by atoms with Crippen molar-refractivity contribution in [2.24, 2.45) is 35.5 Å². The van der Waals surface area contributed by atoms with Gasteiger partial charge in [0.25, 0.3) is 0 Å². The highest BCUT2D eigenvalue weighted by atomic mass is 16.1. The van der Waals surface area contributed by atoms with E-state index in [1.54, 1.807) is 12.4 Å². The molecule has 0 spiro atoms. The molecule has 3 fully saturated rings. The van der Waals surface area contributed by atoms with Gasteiger partial charge in [-0.15, -0.1) is 0 Å². The van der Waals surface area contributed by atoms with Crippen LogP contribution in [0, 0.1) is 35.5 Å². The van der Waals surface area contributed by atoms with Crippen LogP contribution in [0.3, 0.4) is 0 Å². The lowest BCUT2D eigenvalue weighted by atomic mass is 9.56. The Morgan fingerprint density at radius 2 is 1.73 bits per heavy atom. The van der Waals surface area contributed by atoms with Crippen molar-refractivity contribution in [2.75, 3.05) is 0 Å². The van der Waals surface area contributed by atoms with Crippen molar-refractivity contribution in [1.29, 1.82) is 0 Å². The molecule has 2 aromatic heterocycles. The molecular weight excluding hydrogens is 372 g/mol. The summed E-state index contributed by atoms with van der Waals surface area (Å²) in [6.45, 7) is 0.614. The standard InChI is InChI=1S/C25H30N4O/c30-25(28-15-16-9-11-26-12-10-16)22-4-3-17-18-5-7-23-21(19(18)1-2-20(17)22)6-8-24-27-13-14-29(23)24/h6,8-14,17-23H,1-5,7,15H2,(H,28,30)/t17-,18-,19-,20-,21+,22+,23?/m0/s1. The average Bonchev–Trinajstić information content (AvgIpc) is 3.45. The number of hydrogen-bond acceptors (Lipinski definition) is 3. The average molecular weight is 403 g/mol. The maximum Gasteiger partial charge on any atom is 0.223 e. The van der Waals surface area contributed by atoms with Crippen LogP contribution < -0.4 is 5.32 Å². The molecule has 0 bridgehead atoms. The quantitative estimate of drug-likeness (QED) is 0.835. The van der Waals surface area contributed by atoms with E-state index >= 15 is 0 Å². The van der Waals surface area contributed by atoms with Gasteiger partial charge in [0.1, 0.15) is 5.82 Å². The molecular formula is C25H30N4O. The fraction of sp³-hybridized carbons (Fsp3) is 0.560. The highest BCUT2D eigenvalue weighted by Crippen LogP contribution is 2.58. The number of pyridine rings is 1. The first kappa shape index (κ1) is 18.3. The monoisotopic (exact) mass is 402 g/mol. The predicted molar refractivity (Wildman–Crippen MR) is 115 cm³/mol. The Hall–Kier alpha value is -2.43. The van der Waals surface area contributed by atoms with Gasteiger partial charge >= 0.3 is 0 Å². The van der Waals surface area contributed by atoms with Crippen molar-refractivity contribution in [3.63, 3.8) is 0 Å². The van der Waals surface area contributed by atoms with E-state index in [9.17, 15) is 4.79 Å². The number of nitrogens with one attached hydrogen (secondary N) is 1. The van der Waals surface area contributed by atoms with Gasteiger partial charge in [-0.1, -0.05) is 6.08 Å². The molecule has 156 valence electrons. The number of fused-ring (bicyclic) bond motifs is 7. The summed E-state index contributed by atoms with van der Waals surface area (Å²) in [6.07, 6.45) is 19.7. The Morgan fingerprint density at radius 1 is 0.967 bits per heavy atom. The number of hydrogen-bond donors (Lipinski definition) is 1. The molecule has 3 aliphatic carbocycles. The third-order valence-electron chi connectivity index (χ3n) is 8.62. The first-order chi connectivity index (χ1) is 14.8. The first-order valence-corrected chi connectivity index (χ1v) is 11.7. The second kappa shape index (κ2) is 7.36. The Balaban J connectivity index is 1.14. The molecule has 30 heavy (non-hydrogen) atoms. The molecule has 4 aliphatic rings. The topological polar surface area (TPSA) is 59.8 Å². The molecule has 0 saturated heterocycles. The first-order valence-electron chi connectivity index (χ1n) is 11.7. The molecule has 1 amide bonds. The zero-order valence-corrected chi connectivity index (χ0v) is 17.4. The van der Waals surface area contributed by atoms with E-state index < -0.39 is 0 Å². The number of rotatable bonds is 3. The van der Waals surface area contributed by atoms with Gasteiger partial charge in [0.2, 0.25) is 5.91 Å². The summed E-state index contributed by atoms with van der Waals surface area (Å²) in [6, 6.07) is 4.54. The van der Waals surface area contributed by atoms with Crippen LogP contribution in [0.25, 0.3) is 6.08 Å². The van der Waals surface area contributed by atoms with Crippen LogP contribution in [0.2, 0.25) is 0 Å². The maximum absolute atomic E-state index is 13.0. The van der Waals surface area contributed by atoms with Crippen LogP contribution in [0.1, 0.15) is 56.0 Å². The molecule has 1 unspecified atom stereocenters. The van der Waals surface area contributed by atoms with Gasteiger partial charge in [0.05, 0.1) is 0 Å². The van der Waals surface area contributed by atoms with Gasteiger partial charge in [-0.2, -0.15) is 0 Å². The van der Waals surface area contributed by atoms with Crippen LogP contribution >= 0.6 is 0 Å². The van der Waals surface area contributed by atoms with Crippen LogP contribution in [0.5, 0.6) is 0 Å². The lowest BCUT2D eigenvalue weighted by Gasteiger charge is -2.51. The van der Waals surface area contributed by atoms with Crippen molar-refractivity contribution >= 4 is 12.0 Å². The van der Waals surface area contributed by atoms with Crippen molar-refractivity contribution in [2.45, 2.75) is 51.1 Å². The number of allylic oxidation sites excluding steroid dienone is 1. The van der Waals surface area contributed by atoms with E-state index in [4.69, 9.17) is 0 Å². The Morgan fingerprint density at radius 3 is 2.63 bits per heavy atom. The minimum Gasteiger partial charge on any atom is -0.352 e. The lowest BCUT2D eigenvalue weighted by molar-refractivity contribution is -0.127. The minimum absolute atomic E-state index is 0.206. The van der Waals surface area contributed by atoms with Crippen molar-refractivity contribution in [3.8, 4) is 0 Å². The highest BCUT2D eigenvalue weighted by molar-refractivity contribution is 5.79. The summed E-state index contributed by atoms with van der Waals surface area (Å²) >= 11 is 0. The third-order valence-corrected chi connectivity index (χ3v) is 8.62. The van der Waals surface area contributed by atoms with E-state index in [2.05, 4.69) is 38.2 Å². The van der Waals surface area contributed by atoms with Crippen LogP contribution in [-0.2, 0) is 11.3 Å². The SMILES string of the molecule is O=C(NCc1ccncc1)[C@@H]1CC[C@H]2[C@@H]3CCC4[C@H](C=Cc5nccn54)[C@H]3CC[C@@H]21. The van der Waals surface area contributed by atoms with Crippen LogP contribution in [0.15, 0.2) is 43.0 Å². The zero-order valence-electron chi connectivity index (χ0n) is 17.4. The van der Waals surface area contributed by atoms with E-state index in [0.29, 0.717) is 24.4 Å². The molecule has 7 atom stereocenters. The largest absolute Gasteiger partial charge is 0.352 e. The molecule has 5 heteroatoms. The molecule has 1 aliphatic heterocycles. The van der Waals surface area contributed by atoms with Crippen molar-refractivity contribution in [1.82, 2.24) is 19.9 Å². The second-order valence-electron chi connectivity index (χ2n) is 9.76. The van der Waals surface area contributed by atoms with E-state index in [1.165, 1.54) is 32.1 Å². The number of aromatic nitrogens is 3. The summed E-state index contributed by atoms with van der Waals surface area (Å²) in [5.41, 5.74) is 1.12. The fourth-order valence-corrected chi connectivity index (χ4v) is 7.38. The minimum atomic E-state index is 0.206. The number of amides is 1. The van der Waals surface area contributed by atoms with Gasteiger partial charge in [0, 0.05) is 49.2 Å². The summed E-state index contributed by atoms with van der Waals surface area (Å²) in [5.74, 6) is 5.12. The zero-order chi connectivity index (χ0) is 20.1. The Kier molecular flexibility index (Phi) is 4.50. The molecule has 1 N–H and O–H groups in total. The van der Waals surface area contributed by atoms with Gasteiger partial charge in [-0.25, -0.2) is 4.98 Å². The number of carbonyl (C=O) groups excluding carboxylic acids is 1. The van der Waals surface area contributed by atoms with E-state index in [1.807, 2.05) is 18.3 Å². The molecule has 3 saturated carbocycles. The van der Waals surface area contributed by atoms with Gasteiger partial charge < -0.3 is 9.88 Å². The van der Waals surface area contributed by atoms with Gasteiger partial charge in [-0.3, -0.25) is 9.78 Å². The molecule has 5 nitrogen and oxygen atoms in total. The summed E-state index contributed by atoms with van der Waals surface area (Å²) < 4.78 is 2.41. The lowest BCUT2D eigenvalue weighted by Crippen LogP contribution is -2.45. The van der Waals surface area contributed by atoms with Crippen molar-refractivity contribution in [3.05, 3.63) is 54.4 Å². The van der Waals surface area contributed by atoms with Gasteiger partial charge in [-0.05, 0) is 86.0 Å². The molecule has 3 heterocycles. The fourth-order valence-electron chi connectivity index (χ4n) is 7.38. The molecule has 0 aromatic carbocycles. The molecule has 6 rings (SSSR count). The number of imidazole rings is 1. The third kappa shape index (κ3) is 2.93. The summed E-state index contributed by atoms with van der Waals surface area (Å²) in [4.78, 5) is 21.6. The second-order valence-corrected chi connectivity index (χ2v) is 9.76. The van der Waals surface area contributed by atoms with Crippen LogP contribution in [0.4, 0.5) is 0 Å². The van der Waals surface area contributed by atoms with Crippen molar-refractivity contribution < 1.29 is 4.79 Å². The number of nitrogens with zero attached hydrogens (tertiary/aromatic N) is 3. The molecule has 0 radical (unpaired) electrons. The Bertz CT molecular complexity index is 951. The van der Waals surface area contributed by atoms with E-state index in [-0.39, 0.29) is 11.8 Å². The summed E-state index contributed by atoms with van der Waals surface area (Å²) in [5, 5.41) is 3.21. The van der Waals surface area contributed by atoms with E-state index in [0.717, 1.165) is 35.6 Å². The summed E-state index contributed by atoms with van der Waals surface area (Å²) in [7, 11) is 0. The smallest absolute Gasteiger partial charge is 0.223 e. The highest BCUT2D eigenvalue weighted by Gasteiger charge is 2.52. The van der Waals surface area contributed by atoms with Gasteiger partial charge in [0.15, 0.2) is 0 Å². The number of carbonyl (C=O) groups is 1. The molecule has 2 aromatic rings. The van der Waals surface area contributed by atoms with Crippen LogP contribution in [-0.4, -0.2) is 20.4 Å². The predicted octanol–water partition coefficient (Wildman–Crippen LogP) is 4.24. The Labute approximate surface area is 178 Å².